The molecule has 2 heterocycles. The molecule has 0 bridgehead atoms. The van der Waals surface area contributed by atoms with Crippen molar-refractivity contribution in [3.63, 3.8) is 0 Å². The van der Waals surface area contributed by atoms with E-state index in [4.69, 9.17) is 5.26 Å². The Balaban J connectivity index is 1.65. The first kappa shape index (κ1) is 15.4. The highest BCUT2D eigenvalue weighted by molar-refractivity contribution is 5.91. The zero-order valence-electron chi connectivity index (χ0n) is 13.1. The standard InChI is InChI=1S/C18H15N5O/c1-23-12-16(11-21-23)15-5-6-17(20-10-15)22-18(24)8-13-3-2-4-14(7-13)9-19/h2-7,10-12H,8H2,1H3,(H,20,22,24). The maximum absolute atomic E-state index is 12.1. The van der Waals surface area contributed by atoms with Gasteiger partial charge in [-0.25, -0.2) is 4.98 Å². The van der Waals surface area contributed by atoms with Crippen LogP contribution in [0.2, 0.25) is 0 Å². The summed E-state index contributed by atoms with van der Waals surface area (Å²) in [6.07, 6.45) is 5.55. The van der Waals surface area contributed by atoms with Crippen molar-refractivity contribution in [3.05, 3.63) is 66.1 Å². The predicted molar refractivity (Wildman–Crippen MR) is 89.9 cm³/mol. The minimum Gasteiger partial charge on any atom is -0.310 e. The Morgan fingerprint density at radius 2 is 2.12 bits per heavy atom. The van der Waals surface area contributed by atoms with Gasteiger partial charge in [0.25, 0.3) is 0 Å². The smallest absolute Gasteiger partial charge is 0.229 e. The van der Waals surface area contributed by atoms with E-state index in [1.54, 1.807) is 41.3 Å². The van der Waals surface area contributed by atoms with Gasteiger partial charge in [0, 0.05) is 30.6 Å². The Labute approximate surface area is 139 Å². The zero-order valence-corrected chi connectivity index (χ0v) is 13.1. The van der Waals surface area contributed by atoms with Crippen LogP contribution >= 0.6 is 0 Å². The van der Waals surface area contributed by atoms with Crippen molar-refractivity contribution in [2.24, 2.45) is 7.05 Å². The van der Waals surface area contributed by atoms with Crippen molar-refractivity contribution in [1.82, 2.24) is 14.8 Å². The Kier molecular flexibility index (Phi) is 4.34. The number of aromatic nitrogens is 3. The summed E-state index contributed by atoms with van der Waals surface area (Å²) >= 11 is 0. The number of benzene rings is 1. The molecule has 6 nitrogen and oxygen atoms in total. The van der Waals surface area contributed by atoms with E-state index in [0.29, 0.717) is 11.4 Å². The average molecular weight is 317 g/mol. The number of hydrogen-bond acceptors (Lipinski definition) is 4. The molecule has 24 heavy (non-hydrogen) atoms. The summed E-state index contributed by atoms with van der Waals surface area (Å²) in [5.74, 6) is 0.316. The molecule has 0 aliphatic carbocycles. The zero-order chi connectivity index (χ0) is 16.9. The van der Waals surface area contributed by atoms with Crippen LogP contribution in [-0.2, 0) is 18.3 Å². The first-order chi connectivity index (χ1) is 11.6. The number of carbonyl (C=O) groups excluding carboxylic acids is 1. The van der Waals surface area contributed by atoms with Crippen LogP contribution in [0.5, 0.6) is 0 Å². The van der Waals surface area contributed by atoms with Crippen LogP contribution in [0.15, 0.2) is 55.0 Å². The number of nitrogens with one attached hydrogen (secondary N) is 1. The molecular formula is C18H15N5O. The first-order valence-corrected chi connectivity index (χ1v) is 7.38. The van der Waals surface area contributed by atoms with Gasteiger partial charge in [0.2, 0.25) is 5.91 Å². The monoisotopic (exact) mass is 317 g/mol. The Morgan fingerprint density at radius 1 is 1.25 bits per heavy atom. The van der Waals surface area contributed by atoms with E-state index in [9.17, 15) is 4.79 Å². The summed E-state index contributed by atoms with van der Waals surface area (Å²) in [6, 6.07) is 12.7. The second-order valence-corrected chi connectivity index (χ2v) is 5.37. The van der Waals surface area contributed by atoms with Crippen molar-refractivity contribution in [2.45, 2.75) is 6.42 Å². The number of pyridine rings is 1. The van der Waals surface area contributed by atoms with Gasteiger partial charge in [-0.05, 0) is 29.8 Å². The van der Waals surface area contributed by atoms with Crippen molar-refractivity contribution in [3.8, 4) is 17.2 Å². The lowest BCUT2D eigenvalue weighted by molar-refractivity contribution is -0.115. The lowest BCUT2D eigenvalue weighted by Crippen LogP contribution is -2.15. The van der Waals surface area contributed by atoms with Gasteiger partial charge in [0.05, 0.1) is 24.3 Å². The topological polar surface area (TPSA) is 83.6 Å². The number of aryl methyl sites for hydroxylation is 1. The van der Waals surface area contributed by atoms with Crippen molar-refractivity contribution < 1.29 is 4.79 Å². The fourth-order valence-electron chi connectivity index (χ4n) is 2.33. The molecule has 0 aliphatic rings. The molecular weight excluding hydrogens is 302 g/mol. The third-order valence-electron chi connectivity index (χ3n) is 3.49. The summed E-state index contributed by atoms with van der Waals surface area (Å²) in [7, 11) is 1.85. The average Bonchev–Trinajstić information content (AvgIpc) is 3.02. The van der Waals surface area contributed by atoms with Gasteiger partial charge in [-0.2, -0.15) is 10.4 Å². The normalized spacial score (nSPS) is 10.2. The van der Waals surface area contributed by atoms with E-state index in [1.165, 1.54) is 0 Å². The van der Waals surface area contributed by atoms with E-state index in [0.717, 1.165) is 16.7 Å². The highest BCUT2D eigenvalue weighted by Crippen LogP contribution is 2.18. The van der Waals surface area contributed by atoms with Crippen molar-refractivity contribution in [1.29, 1.82) is 5.26 Å². The molecule has 0 atom stereocenters. The van der Waals surface area contributed by atoms with Gasteiger partial charge in [-0.15, -0.1) is 0 Å². The molecule has 3 rings (SSSR count). The van der Waals surface area contributed by atoms with Crippen LogP contribution in [0.25, 0.3) is 11.1 Å². The molecule has 1 N–H and O–H groups in total. The molecule has 1 aromatic carbocycles. The maximum atomic E-state index is 12.1. The summed E-state index contributed by atoms with van der Waals surface area (Å²) in [6.45, 7) is 0. The first-order valence-electron chi connectivity index (χ1n) is 7.38. The molecule has 118 valence electrons. The summed E-state index contributed by atoms with van der Waals surface area (Å²) in [5.41, 5.74) is 3.23. The number of nitrogens with zero attached hydrogens (tertiary/aromatic N) is 4. The number of anilines is 1. The van der Waals surface area contributed by atoms with Gasteiger partial charge in [-0.1, -0.05) is 12.1 Å². The van der Waals surface area contributed by atoms with Crippen LogP contribution < -0.4 is 5.32 Å². The predicted octanol–water partition coefficient (Wildman–Crippen LogP) is 2.53. The van der Waals surface area contributed by atoms with Crippen LogP contribution in [0.4, 0.5) is 5.82 Å². The van der Waals surface area contributed by atoms with Crippen LogP contribution in [0, 0.1) is 11.3 Å². The van der Waals surface area contributed by atoms with E-state index < -0.39 is 0 Å². The molecule has 0 fully saturated rings. The van der Waals surface area contributed by atoms with Gasteiger partial charge in [-0.3, -0.25) is 9.48 Å². The second-order valence-electron chi connectivity index (χ2n) is 5.37. The SMILES string of the molecule is Cn1cc(-c2ccc(NC(=O)Cc3cccc(C#N)c3)nc2)cn1. The number of nitriles is 1. The van der Waals surface area contributed by atoms with E-state index in [1.807, 2.05) is 25.4 Å². The van der Waals surface area contributed by atoms with E-state index in [2.05, 4.69) is 21.5 Å². The van der Waals surface area contributed by atoms with Crippen LogP contribution in [0.1, 0.15) is 11.1 Å². The Morgan fingerprint density at radius 3 is 2.79 bits per heavy atom. The molecule has 0 saturated carbocycles. The highest BCUT2D eigenvalue weighted by Gasteiger charge is 2.07. The van der Waals surface area contributed by atoms with E-state index >= 15 is 0 Å². The second kappa shape index (κ2) is 6.75. The molecule has 3 aromatic rings. The molecule has 0 saturated heterocycles. The molecule has 0 aliphatic heterocycles. The number of hydrogen-bond donors (Lipinski definition) is 1. The molecule has 0 radical (unpaired) electrons. The number of amides is 1. The van der Waals surface area contributed by atoms with Crippen LogP contribution in [-0.4, -0.2) is 20.7 Å². The molecule has 0 spiro atoms. The summed E-state index contributed by atoms with van der Waals surface area (Å²) in [5, 5.41) is 15.8. The van der Waals surface area contributed by atoms with E-state index in [-0.39, 0.29) is 12.3 Å². The highest BCUT2D eigenvalue weighted by atomic mass is 16.1. The largest absolute Gasteiger partial charge is 0.310 e. The lowest BCUT2D eigenvalue weighted by atomic mass is 10.1. The minimum atomic E-state index is -0.174. The van der Waals surface area contributed by atoms with Crippen molar-refractivity contribution in [2.75, 3.05) is 5.32 Å². The lowest BCUT2D eigenvalue weighted by Gasteiger charge is -2.05. The quantitative estimate of drug-likeness (QED) is 0.801. The molecule has 1 amide bonds. The van der Waals surface area contributed by atoms with Crippen molar-refractivity contribution >= 4 is 11.7 Å². The van der Waals surface area contributed by atoms with Gasteiger partial charge >= 0.3 is 0 Å². The molecule has 0 unspecified atom stereocenters. The fourth-order valence-corrected chi connectivity index (χ4v) is 2.33. The van der Waals surface area contributed by atoms with Crippen LogP contribution in [0.3, 0.4) is 0 Å². The Hall–Kier alpha value is -3.46. The fraction of sp³-hybridized carbons (Fsp3) is 0.111. The molecule has 6 heteroatoms. The third kappa shape index (κ3) is 3.65. The Bertz CT molecular complexity index is 906. The van der Waals surface area contributed by atoms with Gasteiger partial charge < -0.3 is 5.32 Å². The summed E-state index contributed by atoms with van der Waals surface area (Å²) in [4.78, 5) is 16.4. The maximum Gasteiger partial charge on any atom is 0.229 e. The number of rotatable bonds is 4. The third-order valence-corrected chi connectivity index (χ3v) is 3.49. The van der Waals surface area contributed by atoms with Gasteiger partial charge in [0.1, 0.15) is 5.82 Å². The molecule has 2 aromatic heterocycles. The number of carbonyl (C=O) groups is 1. The van der Waals surface area contributed by atoms with Gasteiger partial charge in [0.15, 0.2) is 0 Å². The summed E-state index contributed by atoms with van der Waals surface area (Å²) < 4.78 is 1.72. The minimum absolute atomic E-state index is 0.174.